The lowest BCUT2D eigenvalue weighted by molar-refractivity contribution is 0.327. The summed E-state index contributed by atoms with van der Waals surface area (Å²) < 4.78 is 0. The maximum atomic E-state index is 4.40. The lowest BCUT2D eigenvalue weighted by Crippen LogP contribution is -2.18. The van der Waals surface area contributed by atoms with Crippen LogP contribution >= 0.6 is 0 Å². The molecule has 13 heavy (non-hydrogen) atoms. The molecule has 1 aliphatic heterocycles. The van der Waals surface area contributed by atoms with Gasteiger partial charge in [-0.3, -0.25) is 9.88 Å². The lowest BCUT2D eigenvalue weighted by atomic mass is 10.2. The average molecular weight is 176 g/mol. The molecule has 0 aliphatic carbocycles. The molecule has 2 heterocycles. The topological polar surface area (TPSA) is 16.1 Å². The van der Waals surface area contributed by atoms with Crippen molar-refractivity contribution >= 4 is 0 Å². The van der Waals surface area contributed by atoms with E-state index < -0.39 is 0 Å². The largest absolute Gasteiger partial charge is 0.298 e. The fourth-order valence-electron chi connectivity index (χ4n) is 1.76. The highest BCUT2D eigenvalue weighted by Gasteiger charge is 2.11. The van der Waals surface area contributed by atoms with Gasteiger partial charge in [-0.05, 0) is 44.5 Å². The molecule has 0 unspecified atom stereocenters. The lowest BCUT2D eigenvalue weighted by Gasteiger charge is -2.13. The molecule has 1 fully saturated rings. The number of likely N-dealkylation sites (tertiary alicyclic amines) is 1. The molecule has 0 radical (unpaired) electrons. The van der Waals surface area contributed by atoms with E-state index in [1.165, 1.54) is 37.2 Å². The van der Waals surface area contributed by atoms with E-state index in [2.05, 4.69) is 28.9 Å². The Morgan fingerprint density at radius 1 is 1.31 bits per heavy atom. The number of aryl methyl sites for hydroxylation is 1. The molecule has 2 nitrogen and oxygen atoms in total. The third-order valence-corrected chi connectivity index (χ3v) is 2.56. The van der Waals surface area contributed by atoms with Crippen LogP contribution in [0.5, 0.6) is 0 Å². The van der Waals surface area contributed by atoms with Crippen LogP contribution in [0, 0.1) is 6.92 Å². The summed E-state index contributed by atoms with van der Waals surface area (Å²) in [6, 6.07) is 4.27. The molecule has 1 aliphatic rings. The van der Waals surface area contributed by atoms with Crippen molar-refractivity contribution in [2.75, 3.05) is 13.1 Å². The van der Waals surface area contributed by atoms with E-state index in [1.54, 1.807) is 0 Å². The average Bonchev–Trinajstić information content (AvgIpc) is 2.62. The number of pyridine rings is 1. The molecule has 0 bridgehead atoms. The molecule has 1 aromatic rings. The summed E-state index contributed by atoms with van der Waals surface area (Å²) in [5.41, 5.74) is 2.44. The van der Waals surface area contributed by atoms with Crippen LogP contribution in [-0.2, 0) is 6.54 Å². The smallest absolute Gasteiger partial charge is 0.0544 e. The monoisotopic (exact) mass is 176 g/mol. The zero-order chi connectivity index (χ0) is 9.10. The van der Waals surface area contributed by atoms with Gasteiger partial charge in [0.2, 0.25) is 0 Å². The molecule has 0 spiro atoms. The Balaban J connectivity index is 1.97. The van der Waals surface area contributed by atoms with Gasteiger partial charge >= 0.3 is 0 Å². The van der Waals surface area contributed by atoms with E-state index in [1.807, 2.05) is 6.20 Å². The molecule has 0 atom stereocenters. The van der Waals surface area contributed by atoms with Gasteiger partial charge in [0, 0.05) is 12.7 Å². The zero-order valence-corrected chi connectivity index (χ0v) is 8.16. The Labute approximate surface area is 79.6 Å². The Kier molecular flexibility index (Phi) is 2.60. The van der Waals surface area contributed by atoms with E-state index in [9.17, 15) is 0 Å². The van der Waals surface area contributed by atoms with Gasteiger partial charge in [-0.25, -0.2) is 0 Å². The van der Waals surface area contributed by atoms with Crippen LogP contribution < -0.4 is 0 Å². The molecule has 0 amide bonds. The molecular formula is C11H16N2. The quantitative estimate of drug-likeness (QED) is 0.685. The fraction of sp³-hybridized carbons (Fsp3) is 0.545. The van der Waals surface area contributed by atoms with Gasteiger partial charge in [0.25, 0.3) is 0 Å². The maximum absolute atomic E-state index is 4.40. The summed E-state index contributed by atoms with van der Waals surface area (Å²) in [6.07, 6.45) is 4.66. The molecule has 0 aromatic carbocycles. The van der Waals surface area contributed by atoms with Gasteiger partial charge in [-0.1, -0.05) is 6.07 Å². The first-order valence-corrected chi connectivity index (χ1v) is 4.98. The van der Waals surface area contributed by atoms with Crippen molar-refractivity contribution in [3.63, 3.8) is 0 Å². The third kappa shape index (κ3) is 2.28. The van der Waals surface area contributed by atoms with Crippen LogP contribution in [0.4, 0.5) is 0 Å². The van der Waals surface area contributed by atoms with Crippen molar-refractivity contribution in [3.05, 3.63) is 29.6 Å². The summed E-state index contributed by atoms with van der Waals surface area (Å²) in [7, 11) is 0. The Morgan fingerprint density at radius 2 is 2.08 bits per heavy atom. The Morgan fingerprint density at radius 3 is 2.69 bits per heavy atom. The second kappa shape index (κ2) is 3.88. The SMILES string of the molecule is Cc1ccc(CN2CCCC2)nc1. The predicted octanol–water partition coefficient (Wildman–Crippen LogP) is 1.99. The number of hydrogen-bond donors (Lipinski definition) is 0. The third-order valence-electron chi connectivity index (χ3n) is 2.56. The van der Waals surface area contributed by atoms with Crippen LogP contribution in [0.15, 0.2) is 18.3 Å². The molecule has 1 aromatic heterocycles. The Bertz CT molecular complexity index is 260. The van der Waals surface area contributed by atoms with Gasteiger partial charge in [-0.15, -0.1) is 0 Å². The van der Waals surface area contributed by atoms with Crippen molar-refractivity contribution in [2.24, 2.45) is 0 Å². The standard InChI is InChI=1S/C11H16N2/c1-10-4-5-11(12-8-10)9-13-6-2-3-7-13/h4-5,8H,2-3,6-7,9H2,1H3. The first kappa shape index (κ1) is 8.70. The van der Waals surface area contributed by atoms with E-state index in [-0.39, 0.29) is 0 Å². The Hall–Kier alpha value is -0.890. The summed E-state index contributed by atoms with van der Waals surface area (Å²) >= 11 is 0. The van der Waals surface area contributed by atoms with Crippen LogP contribution in [0.2, 0.25) is 0 Å². The molecule has 1 saturated heterocycles. The molecule has 0 saturated carbocycles. The first-order chi connectivity index (χ1) is 6.34. The maximum Gasteiger partial charge on any atom is 0.0544 e. The van der Waals surface area contributed by atoms with Crippen LogP contribution in [-0.4, -0.2) is 23.0 Å². The minimum atomic E-state index is 1.03. The molecule has 0 N–H and O–H groups in total. The van der Waals surface area contributed by atoms with Gasteiger partial charge in [0.05, 0.1) is 5.69 Å². The van der Waals surface area contributed by atoms with Crippen LogP contribution in [0.3, 0.4) is 0 Å². The first-order valence-electron chi connectivity index (χ1n) is 4.98. The molecule has 2 rings (SSSR count). The van der Waals surface area contributed by atoms with E-state index >= 15 is 0 Å². The van der Waals surface area contributed by atoms with Gasteiger partial charge in [0.15, 0.2) is 0 Å². The summed E-state index contributed by atoms with van der Waals surface area (Å²) in [4.78, 5) is 6.87. The van der Waals surface area contributed by atoms with Crippen molar-refractivity contribution in [1.29, 1.82) is 0 Å². The fourth-order valence-corrected chi connectivity index (χ4v) is 1.76. The number of hydrogen-bond acceptors (Lipinski definition) is 2. The van der Waals surface area contributed by atoms with Crippen LogP contribution in [0.25, 0.3) is 0 Å². The highest BCUT2D eigenvalue weighted by atomic mass is 15.1. The zero-order valence-electron chi connectivity index (χ0n) is 8.16. The van der Waals surface area contributed by atoms with Gasteiger partial charge < -0.3 is 0 Å². The highest BCUT2D eigenvalue weighted by molar-refractivity contribution is 5.12. The normalized spacial score (nSPS) is 17.9. The van der Waals surface area contributed by atoms with E-state index in [0.29, 0.717) is 0 Å². The van der Waals surface area contributed by atoms with Crippen LogP contribution in [0.1, 0.15) is 24.1 Å². The van der Waals surface area contributed by atoms with Gasteiger partial charge in [-0.2, -0.15) is 0 Å². The summed E-state index contributed by atoms with van der Waals surface area (Å²) in [5, 5.41) is 0. The van der Waals surface area contributed by atoms with E-state index in [0.717, 1.165) is 6.54 Å². The molecule has 70 valence electrons. The second-order valence-electron chi connectivity index (χ2n) is 3.81. The van der Waals surface area contributed by atoms with Crippen molar-refractivity contribution in [2.45, 2.75) is 26.3 Å². The number of nitrogens with zero attached hydrogens (tertiary/aromatic N) is 2. The molecular weight excluding hydrogens is 160 g/mol. The van der Waals surface area contributed by atoms with Crippen molar-refractivity contribution < 1.29 is 0 Å². The predicted molar refractivity (Wildman–Crippen MR) is 53.5 cm³/mol. The minimum Gasteiger partial charge on any atom is -0.298 e. The molecule has 2 heteroatoms. The number of aromatic nitrogens is 1. The minimum absolute atomic E-state index is 1.03. The van der Waals surface area contributed by atoms with E-state index in [4.69, 9.17) is 0 Å². The number of rotatable bonds is 2. The summed E-state index contributed by atoms with van der Waals surface area (Å²) in [6.45, 7) is 5.60. The van der Waals surface area contributed by atoms with Crippen molar-refractivity contribution in [3.8, 4) is 0 Å². The van der Waals surface area contributed by atoms with Gasteiger partial charge in [0.1, 0.15) is 0 Å². The highest BCUT2D eigenvalue weighted by Crippen LogP contribution is 2.11. The summed E-state index contributed by atoms with van der Waals surface area (Å²) in [5.74, 6) is 0. The van der Waals surface area contributed by atoms with Crippen molar-refractivity contribution in [1.82, 2.24) is 9.88 Å². The second-order valence-corrected chi connectivity index (χ2v) is 3.81.